The average Bonchev–Trinajstić information content (AvgIpc) is 4.31. The highest BCUT2D eigenvalue weighted by molar-refractivity contribution is 6.13. The van der Waals surface area contributed by atoms with E-state index in [0.29, 0.717) is 111 Å². The molecule has 0 unspecified atom stereocenters. The van der Waals surface area contributed by atoms with Crippen LogP contribution >= 0.6 is 0 Å². The molecule has 0 fully saturated rings. The number of ether oxygens (including phenoxy) is 7. The van der Waals surface area contributed by atoms with Crippen molar-refractivity contribution in [1.29, 1.82) is 5.41 Å². The van der Waals surface area contributed by atoms with Crippen LogP contribution in [0.4, 0.5) is 11.4 Å². The highest BCUT2D eigenvalue weighted by atomic mass is 16.5. The van der Waals surface area contributed by atoms with Crippen LogP contribution in [0, 0.1) is 5.41 Å². The second-order valence-corrected chi connectivity index (χ2v) is 18.2. The number of phenols is 1. The second kappa shape index (κ2) is 17.7. The summed E-state index contributed by atoms with van der Waals surface area (Å²) in [5.74, 6) is 3.47. The summed E-state index contributed by atoms with van der Waals surface area (Å²) in [5, 5.41) is 24.9. The number of nitrogens with zero attached hydrogens (tertiary/aromatic N) is 5. The van der Waals surface area contributed by atoms with Gasteiger partial charge in [-0.1, -0.05) is 48.5 Å². The van der Waals surface area contributed by atoms with Crippen LogP contribution in [0.3, 0.4) is 0 Å². The number of rotatable bonds is 10. The van der Waals surface area contributed by atoms with Gasteiger partial charge in [-0.3, -0.25) is 15.0 Å². The number of anilines is 2. The Hall–Kier alpha value is -9.39. The first-order valence-electron chi connectivity index (χ1n) is 23.7. The monoisotopic (exact) mass is 995 g/mol. The minimum Gasteiger partial charge on any atom is -0.507 e. The van der Waals surface area contributed by atoms with E-state index in [4.69, 9.17) is 38.6 Å². The molecule has 0 saturated carbocycles. The van der Waals surface area contributed by atoms with Crippen molar-refractivity contribution in [3.8, 4) is 46.0 Å². The number of phenolic OH excluding ortho intramolecular Hbond substituents is 1. The molecule has 7 heterocycles. The molecule has 3 aliphatic rings. The maximum Gasteiger partial charge on any atom is 0.274 e. The number of hydrogen-bond donors (Lipinski definition) is 5. The fourth-order valence-electron chi connectivity index (χ4n) is 11.0. The van der Waals surface area contributed by atoms with Gasteiger partial charge in [0.25, 0.3) is 11.8 Å². The third kappa shape index (κ3) is 6.97. The van der Waals surface area contributed by atoms with Crippen LogP contribution in [0.2, 0.25) is 0 Å². The molecular weight excluding hydrogens is 947 g/mol. The Morgan fingerprint density at radius 3 is 1.81 bits per heavy atom. The topological polar surface area (TPSA) is 227 Å². The summed E-state index contributed by atoms with van der Waals surface area (Å²) in [7, 11) is 9.31. The lowest BCUT2D eigenvalue weighted by atomic mass is 9.96. The summed E-state index contributed by atoms with van der Waals surface area (Å²) in [4.78, 5) is 49.4. The smallest absolute Gasteiger partial charge is 0.274 e. The number of carbonyl (C=O) groups excluding carboxylic acids is 2. The Balaban J connectivity index is 0.000000156. The SMILES string of the molecule is COc1cc2cc(C(=O)N3C[C@@H](Cn4cnc(=N)c5[nH]cnc54)c4c3cc3ccccc3c4O)[nH]c2c(OC)c1OC.COc1cc2cc(C(=O)N3C[C@H]4COc5c4c3cc3ccccc53)[nH]c2c(OC)c1OC. The number of nitrogens with one attached hydrogen (secondary N) is 4. The summed E-state index contributed by atoms with van der Waals surface area (Å²) in [6, 6.07) is 27.0. The van der Waals surface area contributed by atoms with Gasteiger partial charge in [0.05, 0.1) is 84.3 Å². The molecular formula is C55H49N9O10. The molecule has 5 N–H and O–H groups in total. The lowest BCUT2D eigenvalue weighted by Gasteiger charge is -2.19. The normalized spacial score (nSPS) is 15.3. The predicted molar refractivity (Wildman–Crippen MR) is 278 cm³/mol. The molecule has 0 spiro atoms. The number of aromatic nitrogens is 6. The number of aromatic amines is 3. The van der Waals surface area contributed by atoms with Gasteiger partial charge in [0, 0.05) is 64.1 Å². The third-order valence-corrected chi connectivity index (χ3v) is 14.4. The maximum atomic E-state index is 14.2. The zero-order valence-corrected chi connectivity index (χ0v) is 41.1. The number of H-pyrrole nitrogens is 3. The molecule has 0 radical (unpaired) electrons. The molecule has 19 nitrogen and oxygen atoms in total. The molecule has 74 heavy (non-hydrogen) atoms. The summed E-state index contributed by atoms with van der Waals surface area (Å²) in [6.07, 6.45) is 3.09. The number of hydrogen-bond acceptors (Lipinski definition) is 13. The van der Waals surface area contributed by atoms with Crippen molar-refractivity contribution in [3.63, 3.8) is 0 Å². The largest absolute Gasteiger partial charge is 0.507 e. The van der Waals surface area contributed by atoms with E-state index in [-0.39, 0.29) is 34.9 Å². The summed E-state index contributed by atoms with van der Waals surface area (Å²) >= 11 is 0. The van der Waals surface area contributed by atoms with E-state index in [0.717, 1.165) is 43.9 Å². The molecule has 10 aromatic rings. The Morgan fingerprint density at radius 1 is 0.662 bits per heavy atom. The minimum absolute atomic E-state index is 0.0898. The molecule has 374 valence electrons. The number of aromatic hydroxyl groups is 1. The zero-order valence-electron chi connectivity index (χ0n) is 41.1. The van der Waals surface area contributed by atoms with E-state index in [9.17, 15) is 14.7 Å². The standard InChI is InChI=1S/C30H27N7O5.C25H22N2O5/c1-40-21-10-16-8-19(35-23(16)27(42-3)26(21)41-2)30(39)37-12-17(11-36-14-34-28(31)24-29(36)33-13-32-24)22-20(37)9-15-6-4-5-7-18(15)25(22)38;1-29-19-10-14-8-17(26-21(14)24(31-3)23(19)30-2)25(28)27-11-15-12-32-22-16-7-5-4-6-13(16)9-18(27)20(15)22/h4-10,13-14,17,31,35,38H,11-12H2,1-3H3,(H,32,33);4-10,15,26H,11-12H2,1-3H3/t17-;15-/m10/s1. The first-order valence-corrected chi connectivity index (χ1v) is 23.7. The Labute approximate surface area is 421 Å². The number of methoxy groups -OCH3 is 6. The van der Waals surface area contributed by atoms with E-state index in [1.807, 2.05) is 64.1 Å². The van der Waals surface area contributed by atoms with Gasteiger partial charge in [0.1, 0.15) is 28.4 Å². The Morgan fingerprint density at radius 2 is 1.22 bits per heavy atom. The molecule has 6 aromatic carbocycles. The van der Waals surface area contributed by atoms with Gasteiger partial charge in [0.2, 0.25) is 11.5 Å². The van der Waals surface area contributed by atoms with Gasteiger partial charge >= 0.3 is 0 Å². The van der Waals surface area contributed by atoms with Gasteiger partial charge in [-0.15, -0.1) is 0 Å². The van der Waals surface area contributed by atoms with Crippen molar-refractivity contribution in [2.45, 2.75) is 18.4 Å². The van der Waals surface area contributed by atoms with Crippen LogP contribution in [0.5, 0.6) is 46.0 Å². The van der Waals surface area contributed by atoms with E-state index in [1.54, 1.807) is 51.8 Å². The van der Waals surface area contributed by atoms with Crippen molar-refractivity contribution in [2.24, 2.45) is 0 Å². The Kier molecular flexibility index (Phi) is 11.0. The van der Waals surface area contributed by atoms with Crippen molar-refractivity contribution >= 4 is 77.7 Å². The maximum absolute atomic E-state index is 14.2. The Bertz CT molecular complexity index is 4010. The van der Waals surface area contributed by atoms with Crippen LogP contribution < -0.4 is 48.4 Å². The van der Waals surface area contributed by atoms with E-state index >= 15 is 0 Å². The van der Waals surface area contributed by atoms with Crippen molar-refractivity contribution in [2.75, 3.05) is 72.2 Å². The van der Waals surface area contributed by atoms with E-state index in [2.05, 4.69) is 43.1 Å². The van der Waals surface area contributed by atoms with Crippen molar-refractivity contribution < 1.29 is 47.9 Å². The van der Waals surface area contributed by atoms with Crippen LogP contribution in [-0.2, 0) is 6.54 Å². The van der Waals surface area contributed by atoms with E-state index < -0.39 is 0 Å². The molecule has 3 aliphatic heterocycles. The molecule has 4 aromatic heterocycles. The van der Waals surface area contributed by atoms with E-state index in [1.165, 1.54) is 20.5 Å². The van der Waals surface area contributed by atoms with Crippen molar-refractivity contribution in [1.82, 2.24) is 29.5 Å². The number of carbonyl (C=O) groups is 2. The van der Waals surface area contributed by atoms with Crippen LogP contribution in [0.1, 0.15) is 43.9 Å². The number of amides is 2. The first kappa shape index (κ1) is 45.7. The second-order valence-electron chi connectivity index (χ2n) is 18.2. The van der Waals surface area contributed by atoms with Crippen LogP contribution in [0.25, 0.3) is 54.5 Å². The highest BCUT2D eigenvalue weighted by Crippen LogP contribution is 2.52. The summed E-state index contributed by atoms with van der Waals surface area (Å²) in [5.41, 5.74) is 6.68. The lowest BCUT2D eigenvalue weighted by Crippen LogP contribution is -2.31. The zero-order chi connectivity index (χ0) is 51.1. The summed E-state index contributed by atoms with van der Waals surface area (Å²) in [6.45, 7) is 1.87. The first-order chi connectivity index (χ1) is 36.1. The molecule has 0 bridgehead atoms. The molecule has 2 atom stereocenters. The minimum atomic E-state index is -0.282. The van der Waals surface area contributed by atoms with Gasteiger partial charge < -0.3 is 67.6 Å². The van der Waals surface area contributed by atoms with Crippen LogP contribution in [-0.4, -0.2) is 109 Å². The lowest BCUT2D eigenvalue weighted by molar-refractivity contribution is 0.0976. The van der Waals surface area contributed by atoms with Crippen LogP contribution in [0.15, 0.2) is 97.6 Å². The highest BCUT2D eigenvalue weighted by Gasteiger charge is 2.41. The molecule has 0 saturated heterocycles. The average molecular weight is 996 g/mol. The fourth-order valence-corrected chi connectivity index (χ4v) is 11.0. The molecule has 2 amide bonds. The number of fused-ring (bicyclic) bond motifs is 7. The van der Waals surface area contributed by atoms with Gasteiger partial charge in [0.15, 0.2) is 34.1 Å². The number of benzene rings is 6. The molecule has 13 rings (SSSR count). The fraction of sp³-hybridized carbons (Fsp3) is 0.218. The van der Waals surface area contributed by atoms with Gasteiger partial charge in [-0.2, -0.15) is 0 Å². The predicted octanol–water partition coefficient (Wildman–Crippen LogP) is 8.53. The molecule has 19 heteroatoms. The van der Waals surface area contributed by atoms with Crippen molar-refractivity contribution in [3.05, 3.63) is 126 Å². The molecule has 0 aliphatic carbocycles. The summed E-state index contributed by atoms with van der Waals surface area (Å²) < 4.78 is 41.0. The quantitative estimate of drug-likeness (QED) is 0.0869. The van der Waals surface area contributed by atoms with Gasteiger partial charge in [-0.05, 0) is 47.2 Å². The van der Waals surface area contributed by atoms with Gasteiger partial charge in [-0.25, -0.2) is 9.97 Å². The third-order valence-electron chi connectivity index (χ3n) is 14.4. The number of imidazole rings is 1.